The van der Waals surface area contributed by atoms with Gasteiger partial charge in [-0.25, -0.2) is 24.7 Å². The Hall–Kier alpha value is -7.19. The number of hydrogen-bond donors (Lipinski definition) is 4. The van der Waals surface area contributed by atoms with Crippen molar-refractivity contribution in [3.8, 4) is 17.3 Å². The molecule has 20 heteroatoms. The minimum atomic E-state index is -1.28. The number of aryl methyl sites for hydroxylation is 4. The van der Waals surface area contributed by atoms with Gasteiger partial charge >= 0.3 is 6.09 Å². The molecule has 0 saturated carbocycles. The van der Waals surface area contributed by atoms with Crippen LogP contribution >= 0.6 is 0 Å². The highest BCUT2D eigenvalue weighted by Gasteiger charge is 2.28. The molecule has 6 N–H and O–H groups in total. The van der Waals surface area contributed by atoms with Crippen LogP contribution in [0.5, 0.6) is 5.75 Å². The smallest absolute Gasteiger partial charge is 0.410 e. The van der Waals surface area contributed by atoms with E-state index in [1.54, 1.807) is 39.4 Å². The lowest BCUT2D eigenvalue weighted by molar-refractivity contribution is -0.114. The van der Waals surface area contributed by atoms with Crippen LogP contribution in [0.1, 0.15) is 107 Å². The number of hydrogen-bond acceptors (Lipinski definition) is 13. The topological polar surface area (TPSA) is 254 Å². The second kappa shape index (κ2) is 21.0. The Balaban J connectivity index is 1.22. The largest absolute Gasteiger partial charge is 0.491 e. The van der Waals surface area contributed by atoms with Crippen LogP contribution in [0.3, 0.4) is 0 Å². The zero-order valence-electron chi connectivity index (χ0n) is 40.8. The summed E-state index contributed by atoms with van der Waals surface area (Å²) in [5.74, 6) is 0.868. The first-order chi connectivity index (χ1) is 32.9. The third kappa shape index (κ3) is 11.2. The summed E-state index contributed by atoms with van der Waals surface area (Å²) >= 11 is 0. The average molecular weight is 945 g/mol. The number of aromatic nitrogens is 9. The Bertz CT molecular complexity index is 2940. The number of allylic oxidation sites excluding steroid dienone is 2. The number of ether oxygens (including phenoxy) is 2. The highest BCUT2D eigenvalue weighted by molar-refractivity contribution is 6.09. The van der Waals surface area contributed by atoms with Gasteiger partial charge < -0.3 is 35.5 Å². The second-order valence-corrected chi connectivity index (χ2v) is 18.3. The molecule has 69 heavy (non-hydrogen) atoms. The van der Waals surface area contributed by atoms with Gasteiger partial charge in [-0.15, -0.1) is 0 Å². The molecular weight excluding hydrogens is 881 g/mol. The van der Waals surface area contributed by atoms with E-state index < -0.39 is 23.6 Å². The number of aliphatic hydroxyl groups excluding tert-OH is 1. The summed E-state index contributed by atoms with van der Waals surface area (Å²) in [5, 5.41) is 24.2. The number of amides is 3. The summed E-state index contributed by atoms with van der Waals surface area (Å²) in [4.78, 5) is 59.1. The van der Waals surface area contributed by atoms with Gasteiger partial charge in [-0.05, 0) is 130 Å². The number of carbonyl (C=O) groups excluding carboxylic acids is 3. The summed E-state index contributed by atoms with van der Waals surface area (Å²) in [5.41, 5.74) is 16.2. The van der Waals surface area contributed by atoms with Gasteiger partial charge in [0, 0.05) is 61.8 Å². The summed E-state index contributed by atoms with van der Waals surface area (Å²) in [6.45, 7) is 21.9. The summed E-state index contributed by atoms with van der Waals surface area (Å²) in [6, 6.07) is 7.26. The maximum Gasteiger partial charge on any atom is 0.410 e. The van der Waals surface area contributed by atoms with E-state index in [2.05, 4.69) is 32.2 Å². The normalized spacial score (nSPS) is 14.3. The molecule has 0 bridgehead atoms. The van der Waals surface area contributed by atoms with Gasteiger partial charge in [-0.2, -0.15) is 10.2 Å². The van der Waals surface area contributed by atoms with Crippen molar-refractivity contribution in [1.29, 1.82) is 0 Å². The monoisotopic (exact) mass is 945 g/mol. The number of nitrogens with zero attached hydrogens (tertiary/aromatic N) is 11. The Morgan fingerprint density at radius 1 is 0.986 bits per heavy atom. The molecule has 5 aromatic heterocycles. The molecule has 1 saturated heterocycles. The quantitative estimate of drug-likeness (QED) is 0.0224. The number of primary amides is 1. The van der Waals surface area contributed by atoms with Gasteiger partial charge in [-0.3, -0.25) is 28.8 Å². The fraction of sp³-hybridized carbons (Fsp3) is 0.449. The molecule has 1 fully saturated rings. The fourth-order valence-corrected chi connectivity index (χ4v) is 8.59. The van der Waals surface area contributed by atoms with Crippen LogP contribution in [0.25, 0.3) is 39.5 Å². The first-order valence-electron chi connectivity index (χ1n) is 23.4. The van der Waals surface area contributed by atoms with Crippen molar-refractivity contribution in [2.45, 2.75) is 119 Å². The maximum absolute atomic E-state index is 13.7. The molecule has 1 aromatic carbocycles. The summed E-state index contributed by atoms with van der Waals surface area (Å²) < 4.78 is 19.4. The number of likely N-dealkylation sites (tertiary alicyclic amines) is 1. The summed E-state index contributed by atoms with van der Waals surface area (Å²) in [7, 11) is 0. The third-order valence-corrected chi connectivity index (χ3v) is 12.0. The van der Waals surface area contributed by atoms with E-state index in [1.165, 1.54) is 6.08 Å². The lowest BCUT2D eigenvalue weighted by Gasteiger charge is -2.33. The van der Waals surface area contributed by atoms with Crippen LogP contribution in [-0.4, -0.2) is 104 Å². The molecule has 20 nitrogen and oxygen atoms in total. The first kappa shape index (κ1) is 49.7. The van der Waals surface area contributed by atoms with E-state index in [1.807, 2.05) is 82.0 Å². The molecule has 0 radical (unpaired) electrons. The maximum atomic E-state index is 13.7. The number of piperidine rings is 1. The fourth-order valence-electron chi connectivity index (χ4n) is 8.59. The lowest BCUT2D eigenvalue weighted by Crippen LogP contribution is -2.41. The number of anilines is 1. The van der Waals surface area contributed by atoms with Crippen molar-refractivity contribution in [3.05, 3.63) is 76.5 Å². The minimum absolute atomic E-state index is 0.173. The zero-order valence-corrected chi connectivity index (χ0v) is 40.8. The van der Waals surface area contributed by atoms with Crippen LogP contribution in [0, 0.1) is 19.8 Å². The van der Waals surface area contributed by atoms with Crippen molar-refractivity contribution >= 4 is 64.4 Å². The molecule has 1 unspecified atom stereocenters. The third-order valence-electron chi connectivity index (χ3n) is 12.0. The van der Waals surface area contributed by atoms with Gasteiger partial charge in [0.25, 0.3) is 5.91 Å². The lowest BCUT2D eigenvalue weighted by atomic mass is 9.92. The van der Waals surface area contributed by atoms with Gasteiger partial charge in [0.15, 0.2) is 11.6 Å². The van der Waals surface area contributed by atoms with Gasteiger partial charge in [0.05, 0.1) is 23.5 Å². The molecule has 6 heterocycles. The minimum Gasteiger partial charge on any atom is -0.491 e. The molecule has 7 rings (SSSR count). The van der Waals surface area contributed by atoms with Crippen molar-refractivity contribution < 1.29 is 29.0 Å². The number of nitrogens with two attached hydrogens (primary N) is 2. The zero-order chi connectivity index (χ0) is 49.7. The molecule has 1 aliphatic heterocycles. The number of nitrogens with one attached hydrogen (secondary N) is 1. The SMILES string of the molecule is C=Nc1c(/C=C(\C)C(N)=O)nc(NC(=O)c2cc(C)nn2CC)n1C/C=C/Cn1c2nc(-c3cc(C)nn3CC)ncc2c2cc(C(N)O)cc(OCCCC3CCN(C(=O)OC(C)(C)C)CC3)c21. The van der Waals surface area contributed by atoms with Gasteiger partial charge in [0.2, 0.25) is 11.9 Å². The number of benzene rings is 1. The Morgan fingerprint density at radius 3 is 2.32 bits per heavy atom. The van der Waals surface area contributed by atoms with E-state index in [9.17, 15) is 19.5 Å². The highest BCUT2D eigenvalue weighted by atomic mass is 16.6. The first-order valence-corrected chi connectivity index (χ1v) is 23.4. The number of aliphatic hydroxyl groups is 1. The Kier molecular flexibility index (Phi) is 15.1. The van der Waals surface area contributed by atoms with Crippen molar-refractivity contribution in [1.82, 2.24) is 48.5 Å². The average Bonchev–Trinajstić information content (AvgIpc) is 4.06. The molecular formula is C49H64N14O6. The second-order valence-electron chi connectivity index (χ2n) is 18.3. The van der Waals surface area contributed by atoms with Crippen LogP contribution < -0.4 is 21.5 Å². The van der Waals surface area contributed by atoms with E-state index in [0.29, 0.717) is 90.9 Å². The van der Waals surface area contributed by atoms with E-state index >= 15 is 0 Å². The highest BCUT2D eigenvalue weighted by Crippen LogP contribution is 2.38. The van der Waals surface area contributed by atoms with Crippen molar-refractivity contribution in [2.75, 3.05) is 25.0 Å². The predicted octanol–water partition coefficient (Wildman–Crippen LogP) is 6.98. The number of imidazole rings is 1. The van der Waals surface area contributed by atoms with Crippen LogP contribution in [0.15, 0.2) is 53.2 Å². The molecule has 6 aromatic rings. The molecule has 0 spiro atoms. The number of rotatable bonds is 18. The predicted molar refractivity (Wildman–Crippen MR) is 265 cm³/mol. The van der Waals surface area contributed by atoms with Crippen molar-refractivity contribution in [3.63, 3.8) is 0 Å². The van der Waals surface area contributed by atoms with E-state index in [-0.39, 0.29) is 24.2 Å². The number of carbonyl (C=O) groups is 3. The molecule has 366 valence electrons. The molecule has 0 aliphatic carbocycles. The number of aliphatic imine (C=N–C) groups is 1. The molecule has 1 aliphatic rings. The standard InChI is InChI=1S/C49H64N14O6/c1-10-62-37(24-30(4)57-62)43-53-28-35-34-26-33(42(51)65)27-39(68-22-14-15-32-16-20-59(21-17-32)48(67)69-49(6,7)8)40(34)60(44(35)55-43)18-12-13-19-61-45(52-9)36(23-29(3)41(50)64)54-47(61)56-46(66)38-25-31(5)58-63(38)11-2/h12-13,23-28,32,42,65H,9-11,14-22,51H2,1-8H3,(H2,50,64)(H,54,56,66)/b13-12+,29-23+. The number of fused-ring (bicyclic) bond motifs is 3. The van der Waals surface area contributed by atoms with Crippen LogP contribution in [0.4, 0.5) is 16.6 Å². The van der Waals surface area contributed by atoms with Crippen molar-refractivity contribution in [2.24, 2.45) is 22.4 Å². The molecule has 1 atom stereocenters. The Morgan fingerprint density at radius 2 is 1.67 bits per heavy atom. The van der Waals surface area contributed by atoms with E-state index in [4.69, 9.17) is 30.9 Å². The van der Waals surface area contributed by atoms with Gasteiger partial charge in [0.1, 0.15) is 40.3 Å². The van der Waals surface area contributed by atoms with E-state index in [0.717, 1.165) is 53.4 Å². The van der Waals surface area contributed by atoms with Crippen LogP contribution in [-0.2, 0) is 35.7 Å². The van der Waals surface area contributed by atoms with Gasteiger partial charge in [-0.1, -0.05) is 12.2 Å². The Labute approximate surface area is 401 Å². The molecule has 3 amide bonds. The summed E-state index contributed by atoms with van der Waals surface area (Å²) in [6.07, 6.45) is 9.03. The van der Waals surface area contributed by atoms with Crippen LogP contribution in [0.2, 0.25) is 0 Å².